The summed E-state index contributed by atoms with van der Waals surface area (Å²) in [5, 5.41) is 5.54. The molecule has 4 heteroatoms. The smallest absolute Gasteiger partial charge is 0.0795 e. The van der Waals surface area contributed by atoms with Crippen molar-refractivity contribution in [2.45, 2.75) is 25.9 Å². The van der Waals surface area contributed by atoms with Crippen LogP contribution in [0.4, 0.5) is 0 Å². The molecule has 0 aromatic carbocycles. The third-order valence-corrected chi connectivity index (χ3v) is 3.86. The van der Waals surface area contributed by atoms with E-state index in [-0.39, 0.29) is 0 Å². The molecule has 0 radical (unpaired) electrons. The molecule has 2 rings (SSSR count). The van der Waals surface area contributed by atoms with Crippen molar-refractivity contribution >= 4 is 11.3 Å². The van der Waals surface area contributed by atoms with Gasteiger partial charge in [0.1, 0.15) is 0 Å². The first kappa shape index (κ1) is 11.0. The van der Waals surface area contributed by atoms with E-state index in [0.717, 1.165) is 12.5 Å². The van der Waals surface area contributed by atoms with Gasteiger partial charge in [-0.2, -0.15) is 0 Å². The van der Waals surface area contributed by atoms with Crippen LogP contribution in [0.5, 0.6) is 0 Å². The number of nitrogens with one attached hydrogen (secondary N) is 1. The number of piperidine rings is 1. The third-order valence-electron chi connectivity index (χ3n) is 3.23. The van der Waals surface area contributed by atoms with Gasteiger partial charge in [0, 0.05) is 31.1 Å². The molecule has 1 aromatic heterocycles. The van der Waals surface area contributed by atoms with E-state index in [1.165, 1.54) is 25.2 Å². The Hall–Kier alpha value is -0.450. The molecule has 3 nitrogen and oxygen atoms in total. The number of thiazole rings is 1. The van der Waals surface area contributed by atoms with Crippen LogP contribution >= 0.6 is 11.3 Å². The zero-order valence-electron chi connectivity index (χ0n) is 9.44. The standard InChI is InChI=1S/C11H19N3S/c1-9-5-14(4-3-11(9)12-2)6-10-7-15-8-13-10/h7-9,11-12H,3-6H2,1-2H3. The second-order valence-corrected chi connectivity index (χ2v) is 5.09. The summed E-state index contributed by atoms with van der Waals surface area (Å²) in [6.45, 7) is 5.72. The molecule has 0 aliphatic carbocycles. The van der Waals surface area contributed by atoms with E-state index < -0.39 is 0 Å². The average molecular weight is 225 g/mol. The van der Waals surface area contributed by atoms with Gasteiger partial charge in [-0.3, -0.25) is 4.90 Å². The molecule has 1 fully saturated rings. The largest absolute Gasteiger partial charge is 0.317 e. The Bertz CT molecular complexity index is 286. The van der Waals surface area contributed by atoms with Crippen LogP contribution < -0.4 is 5.32 Å². The first-order valence-corrected chi connectivity index (χ1v) is 6.50. The van der Waals surface area contributed by atoms with Gasteiger partial charge < -0.3 is 5.32 Å². The highest BCUT2D eigenvalue weighted by molar-refractivity contribution is 7.07. The van der Waals surface area contributed by atoms with Crippen molar-refractivity contribution < 1.29 is 0 Å². The topological polar surface area (TPSA) is 28.2 Å². The molecule has 0 saturated carbocycles. The lowest BCUT2D eigenvalue weighted by atomic mass is 9.94. The van der Waals surface area contributed by atoms with Crippen LogP contribution in [0.1, 0.15) is 19.0 Å². The number of likely N-dealkylation sites (tertiary alicyclic amines) is 1. The fourth-order valence-electron chi connectivity index (χ4n) is 2.35. The van der Waals surface area contributed by atoms with Crippen LogP contribution in [0.2, 0.25) is 0 Å². The van der Waals surface area contributed by atoms with Crippen molar-refractivity contribution in [1.82, 2.24) is 15.2 Å². The summed E-state index contributed by atoms with van der Waals surface area (Å²) < 4.78 is 0. The highest BCUT2D eigenvalue weighted by atomic mass is 32.1. The molecule has 1 N–H and O–H groups in total. The summed E-state index contributed by atoms with van der Waals surface area (Å²) >= 11 is 1.68. The molecule has 1 saturated heterocycles. The minimum absolute atomic E-state index is 0.691. The van der Waals surface area contributed by atoms with Crippen LogP contribution in [0.25, 0.3) is 0 Å². The van der Waals surface area contributed by atoms with Crippen molar-refractivity contribution in [3.8, 4) is 0 Å². The number of aromatic nitrogens is 1. The Morgan fingerprint density at radius 3 is 3.13 bits per heavy atom. The van der Waals surface area contributed by atoms with Gasteiger partial charge in [0.15, 0.2) is 0 Å². The Labute approximate surface area is 95.5 Å². The second kappa shape index (κ2) is 5.05. The predicted octanol–water partition coefficient (Wildman–Crippen LogP) is 1.57. The van der Waals surface area contributed by atoms with E-state index in [9.17, 15) is 0 Å². The maximum atomic E-state index is 4.34. The van der Waals surface area contributed by atoms with E-state index in [1.54, 1.807) is 11.3 Å². The van der Waals surface area contributed by atoms with Gasteiger partial charge >= 0.3 is 0 Å². The lowest BCUT2D eigenvalue weighted by molar-refractivity contribution is 0.144. The molecule has 2 unspecified atom stereocenters. The van der Waals surface area contributed by atoms with E-state index in [1.807, 2.05) is 5.51 Å². The number of hydrogen-bond donors (Lipinski definition) is 1. The minimum Gasteiger partial charge on any atom is -0.317 e. The Morgan fingerprint density at radius 1 is 1.67 bits per heavy atom. The highest BCUT2D eigenvalue weighted by Gasteiger charge is 2.24. The van der Waals surface area contributed by atoms with Crippen molar-refractivity contribution in [2.75, 3.05) is 20.1 Å². The summed E-state index contributed by atoms with van der Waals surface area (Å²) in [6, 6.07) is 0.691. The van der Waals surface area contributed by atoms with Gasteiger partial charge in [-0.25, -0.2) is 4.98 Å². The Balaban J connectivity index is 1.86. The molecule has 2 heterocycles. The van der Waals surface area contributed by atoms with Crippen LogP contribution in [0.3, 0.4) is 0 Å². The number of nitrogens with zero attached hydrogens (tertiary/aromatic N) is 2. The number of rotatable bonds is 3. The first-order chi connectivity index (χ1) is 7.29. The number of hydrogen-bond acceptors (Lipinski definition) is 4. The predicted molar refractivity (Wildman–Crippen MR) is 64.0 cm³/mol. The van der Waals surface area contributed by atoms with E-state index in [0.29, 0.717) is 6.04 Å². The van der Waals surface area contributed by atoms with Crippen molar-refractivity contribution in [3.63, 3.8) is 0 Å². The first-order valence-electron chi connectivity index (χ1n) is 5.56. The van der Waals surface area contributed by atoms with Gasteiger partial charge in [0.05, 0.1) is 11.2 Å². The average Bonchev–Trinajstić information content (AvgIpc) is 2.71. The van der Waals surface area contributed by atoms with E-state index in [4.69, 9.17) is 0 Å². The summed E-state index contributed by atoms with van der Waals surface area (Å²) in [4.78, 5) is 6.84. The van der Waals surface area contributed by atoms with E-state index >= 15 is 0 Å². The molecule has 1 aliphatic heterocycles. The molecule has 2 atom stereocenters. The zero-order valence-corrected chi connectivity index (χ0v) is 10.3. The Morgan fingerprint density at radius 2 is 2.53 bits per heavy atom. The van der Waals surface area contributed by atoms with Gasteiger partial charge in [-0.1, -0.05) is 6.92 Å². The van der Waals surface area contributed by atoms with Crippen LogP contribution in [0.15, 0.2) is 10.9 Å². The lowest BCUT2D eigenvalue weighted by Crippen LogP contribution is -2.46. The normalized spacial score (nSPS) is 28.1. The van der Waals surface area contributed by atoms with Gasteiger partial charge in [-0.05, 0) is 19.4 Å². The molecular weight excluding hydrogens is 206 g/mol. The molecule has 0 spiro atoms. The van der Waals surface area contributed by atoms with Gasteiger partial charge in [0.25, 0.3) is 0 Å². The molecule has 1 aromatic rings. The third kappa shape index (κ3) is 2.77. The fraction of sp³-hybridized carbons (Fsp3) is 0.727. The maximum Gasteiger partial charge on any atom is 0.0795 e. The monoisotopic (exact) mass is 225 g/mol. The van der Waals surface area contributed by atoms with Gasteiger partial charge in [0.2, 0.25) is 0 Å². The Kier molecular flexibility index (Phi) is 3.72. The minimum atomic E-state index is 0.691. The van der Waals surface area contributed by atoms with Gasteiger partial charge in [-0.15, -0.1) is 11.3 Å². The van der Waals surface area contributed by atoms with Crippen molar-refractivity contribution in [2.24, 2.45) is 5.92 Å². The lowest BCUT2D eigenvalue weighted by Gasteiger charge is -2.36. The second-order valence-electron chi connectivity index (χ2n) is 4.38. The maximum absolute atomic E-state index is 4.34. The molecule has 15 heavy (non-hydrogen) atoms. The van der Waals surface area contributed by atoms with E-state index in [2.05, 4.69) is 34.6 Å². The quantitative estimate of drug-likeness (QED) is 0.846. The zero-order chi connectivity index (χ0) is 10.7. The summed E-state index contributed by atoms with van der Waals surface area (Å²) in [6.07, 6.45) is 1.25. The van der Waals surface area contributed by atoms with Crippen LogP contribution in [-0.4, -0.2) is 36.1 Å². The summed E-state index contributed by atoms with van der Waals surface area (Å²) in [5.41, 5.74) is 3.13. The SMILES string of the molecule is CNC1CCN(Cc2cscn2)CC1C. The molecule has 0 bridgehead atoms. The summed E-state index contributed by atoms with van der Waals surface area (Å²) in [5.74, 6) is 0.738. The van der Waals surface area contributed by atoms with Crippen LogP contribution in [0, 0.1) is 5.92 Å². The van der Waals surface area contributed by atoms with Crippen molar-refractivity contribution in [3.05, 3.63) is 16.6 Å². The summed E-state index contributed by atoms with van der Waals surface area (Å²) in [7, 11) is 2.07. The molecule has 84 valence electrons. The highest BCUT2D eigenvalue weighted by Crippen LogP contribution is 2.18. The van der Waals surface area contributed by atoms with Crippen LogP contribution in [-0.2, 0) is 6.54 Å². The molecule has 1 aliphatic rings. The molecular formula is C11H19N3S. The fourth-order valence-corrected chi connectivity index (χ4v) is 2.90. The van der Waals surface area contributed by atoms with Crippen molar-refractivity contribution in [1.29, 1.82) is 0 Å². The molecule has 0 amide bonds.